The molecule has 0 heterocycles. The van der Waals surface area contributed by atoms with Crippen molar-refractivity contribution in [1.29, 1.82) is 0 Å². The summed E-state index contributed by atoms with van der Waals surface area (Å²) in [5.74, 6) is -0.802. The van der Waals surface area contributed by atoms with Gasteiger partial charge in [0, 0.05) is 19.4 Å². The van der Waals surface area contributed by atoms with E-state index in [0.29, 0.717) is 6.42 Å². The van der Waals surface area contributed by atoms with Crippen molar-refractivity contribution in [3.05, 3.63) is 12.2 Å². The summed E-state index contributed by atoms with van der Waals surface area (Å²) < 4.78 is 33.1. The molecule has 10 heteroatoms. The molecule has 2 unspecified atom stereocenters. The Hall–Kier alpha value is -1.25. The van der Waals surface area contributed by atoms with Gasteiger partial charge in [0.15, 0.2) is 6.10 Å². The second kappa shape index (κ2) is 62.9. The average molecular weight is 1100 g/mol. The number of allylic oxidation sites excluding steroid dienone is 2. The Balaban J connectivity index is 3.75. The number of carbonyl (C=O) groups excluding carboxylic acids is 2. The lowest BCUT2D eigenvalue weighted by atomic mass is 10.0. The minimum Gasteiger partial charge on any atom is -0.462 e. The van der Waals surface area contributed by atoms with Crippen LogP contribution < -0.4 is 5.73 Å². The summed E-state index contributed by atoms with van der Waals surface area (Å²) in [6, 6.07) is 0. The van der Waals surface area contributed by atoms with Crippen LogP contribution in [-0.4, -0.2) is 49.3 Å². The van der Waals surface area contributed by atoms with Gasteiger partial charge < -0.3 is 20.1 Å². The first-order valence-corrected chi connectivity index (χ1v) is 35.2. The zero-order valence-corrected chi connectivity index (χ0v) is 51.7. The molecule has 0 aromatic heterocycles. The van der Waals surface area contributed by atoms with Crippen molar-refractivity contribution in [1.82, 2.24) is 0 Å². The fourth-order valence-corrected chi connectivity index (χ4v) is 11.2. The van der Waals surface area contributed by atoms with Crippen molar-refractivity contribution in [3.8, 4) is 0 Å². The van der Waals surface area contributed by atoms with Crippen molar-refractivity contribution >= 4 is 19.8 Å². The summed E-state index contributed by atoms with van der Waals surface area (Å²) in [6.07, 6.45) is 74.6. The minimum absolute atomic E-state index is 0.0580. The van der Waals surface area contributed by atoms with Gasteiger partial charge in [-0.25, -0.2) is 4.57 Å². The maximum absolute atomic E-state index is 12.7. The van der Waals surface area contributed by atoms with E-state index in [9.17, 15) is 19.0 Å². The van der Waals surface area contributed by atoms with E-state index in [1.54, 1.807) is 0 Å². The van der Waals surface area contributed by atoms with E-state index in [2.05, 4.69) is 26.0 Å². The topological polar surface area (TPSA) is 134 Å². The van der Waals surface area contributed by atoms with Gasteiger partial charge >= 0.3 is 19.8 Å². The number of phosphoric acid groups is 1. The molecule has 0 spiro atoms. The average Bonchev–Trinajstić information content (AvgIpc) is 3.41. The van der Waals surface area contributed by atoms with E-state index in [0.717, 1.165) is 32.1 Å². The molecule has 0 amide bonds. The van der Waals surface area contributed by atoms with Crippen LogP contribution in [0, 0.1) is 0 Å². The van der Waals surface area contributed by atoms with Gasteiger partial charge in [-0.1, -0.05) is 328 Å². The molecular formula is C66H130NO8P. The van der Waals surface area contributed by atoms with Crippen LogP contribution in [-0.2, 0) is 32.7 Å². The predicted octanol–water partition coefficient (Wildman–Crippen LogP) is 21.6. The van der Waals surface area contributed by atoms with Gasteiger partial charge in [-0.05, 0) is 38.5 Å². The lowest BCUT2D eigenvalue weighted by Gasteiger charge is -2.19. The zero-order chi connectivity index (χ0) is 55.2. The largest absolute Gasteiger partial charge is 0.472 e. The molecule has 0 aromatic rings. The molecule has 0 aliphatic heterocycles. The van der Waals surface area contributed by atoms with Crippen molar-refractivity contribution in [2.24, 2.45) is 5.73 Å². The molecule has 0 saturated carbocycles. The molecule has 0 aliphatic carbocycles. The highest BCUT2D eigenvalue weighted by atomic mass is 31.2. The molecule has 0 aromatic carbocycles. The third-order valence-corrected chi connectivity index (χ3v) is 16.4. The minimum atomic E-state index is -4.38. The highest BCUT2D eigenvalue weighted by Gasteiger charge is 2.26. The standard InChI is InChI=1S/C66H130NO8P/c1-3-5-7-9-11-13-15-17-19-21-23-24-25-26-27-28-29-30-31-32-33-34-35-36-37-38-39-40-41-43-45-47-49-51-53-55-57-59-66(69)75-64(63-74-76(70,71)73-61-60-67)62-72-65(68)58-56-54-52-50-48-46-44-42-22-20-18-16-14-12-10-8-6-4-2/h21,23,64H,3-20,22,24-63,67H2,1-2H3,(H,70,71)/b23-21-. The summed E-state index contributed by atoms with van der Waals surface area (Å²) >= 11 is 0. The second-order valence-electron chi connectivity index (χ2n) is 23.1. The maximum atomic E-state index is 12.7. The van der Waals surface area contributed by atoms with Crippen LogP contribution in [0.5, 0.6) is 0 Å². The van der Waals surface area contributed by atoms with Crippen molar-refractivity contribution in [2.75, 3.05) is 26.4 Å². The number of hydrogen-bond donors (Lipinski definition) is 2. The van der Waals surface area contributed by atoms with Gasteiger partial charge in [0.25, 0.3) is 0 Å². The van der Waals surface area contributed by atoms with E-state index in [1.165, 1.54) is 302 Å². The molecule has 0 aliphatic rings. The van der Waals surface area contributed by atoms with Crippen molar-refractivity contribution < 1.29 is 37.6 Å². The van der Waals surface area contributed by atoms with E-state index >= 15 is 0 Å². The van der Waals surface area contributed by atoms with Gasteiger partial charge in [0.1, 0.15) is 6.61 Å². The van der Waals surface area contributed by atoms with E-state index < -0.39 is 26.5 Å². The van der Waals surface area contributed by atoms with Crippen LogP contribution in [0.1, 0.15) is 367 Å². The van der Waals surface area contributed by atoms with Gasteiger partial charge in [-0.15, -0.1) is 0 Å². The molecule has 0 bridgehead atoms. The second-order valence-corrected chi connectivity index (χ2v) is 24.5. The number of unbranched alkanes of at least 4 members (excludes halogenated alkanes) is 50. The first-order chi connectivity index (χ1) is 37.3. The van der Waals surface area contributed by atoms with Crippen LogP contribution >= 0.6 is 7.82 Å². The van der Waals surface area contributed by atoms with Crippen molar-refractivity contribution in [2.45, 2.75) is 373 Å². The summed E-state index contributed by atoms with van der Waals surface area (Å²) in [7, 11) is -4.38. The first kappa shape index (κ1) is 74.8. The Bertz CT molecular complexity index is 1250. The Morgan fingerprint density at radius 2 is 0.645 bits per heavy atom. The molecule has 3 N–H and O–H groups in total. The SMILES string of the molecule is CCCCCCCCCC/C=C\CCCCCCCCCCCCCCCCCCCCCCCCCCCC(=O)OC(COC(=O)CCCCCCCCCCCCCCCCCCCC)COP(=O)(O)OCCN. The number of nitrogens with two attached hydrogens (primary N) is 1. The van der Waals surface area contributed by atoms with Crippen LogP contribution in [0.15, 0.2) is 12.2 Å². The number of phosphoric ester groups is 1. The lowest BCUT2D eigenvalue weighted by Crippen LogP contribution is -2.29. The molecule has 76 heavy (non-hydrogen) atoms. The monoisotopic (exact) mass is 1100 g/mol. The number of ether oxygens (including phenoxy) is 2. The summed E-state index contributed by atoms with van der Waals surface area (Å²) in [5.41, 5.74) is 5.39. The quantitative estimate of drug-likeness (QED) is 0.0264. The highest BCUT2D eigenvalue weighted by molar-refractivity contribution is 7.47. The Kier molecular flexibility index (Phi) is 61.9. The maximum Gasteiger partial charge on any atom is 0.472 e. The third-order valence-electron chi connectivity index (χ3n) is 15.4. The lowest BCUT2D eigenvalue weighted by molar-refractivity contribution is -0.161. The van der Waals surface area contributed by atoms with Crippen molar-refractivity contribution in [3.63, 3.8) is 0 Å². The molecule has 452 valence electrons. The number of hydrogen-bond acceptors (Lipinski definition) is 8. The molecule has 9 nitrogen and oxygen atoms in total. The van der Waals surface area contributed by atoms with Crippen LogP contribution in [0.25, 0.3) is 0 Å². The normalized spacial score (nSPS) is 12.9. The summed E-state index contributed by atoms with van der Waals surface area (Å²) in [5, 5.41) is 0. The van der Waals surface area contributed by atoms with Gasteiger partial charge in [-0.2, -0.15) is 0 Å². The molecule has 0 radical (unpaired) electrons. The molecule has 2 atom stereocenters. The first-order valence-electron chi connectivity index (χ1n) is 33.7. The highest BCUT2D eigenvalue weighted by Crippen LogP contribution is 2.43. The van der Waals surface area contributed by atoms with E-state index in [-0.39, 0.29) is 38.6 Å². The molecule has 0 saturated heterocycles. The molecular weight excluding hydrogens is 966 g/mol. The van der Waals surface area contributed by atoms with E-state index in [4.69, 9.17) is 24.3 Å². The predicted molar refractivity (Wildman–Crippen MR) is 326 cm³/mol. The third kappa shape index (κ3) is 62.0. The van der Waals surface area contributed by atoms with Gasteiger partial charge in [-0.3, -0.25) is 18.6 Å². The Labute approximate surface area is 472 Å². The summed E-state index contributed by atoms with van der Waals surface area (Å²) in [6.45, 7) is 3.82. The fraction of sp³-hybridized carbons (Fsp3) is 0.939. The van der Waals surface area contributed by atoms with Crippen LogP contribution in [0.4, 0.5) is 0 Å². The van der Waals surface area contributed by atoms with E-state index in [1.807, 2.05) is 0 Å². The number of rotatable bonds is 65. The number of carbonyl (C=O) groups is 2. The van der Waals surface area contributed by atoms with Gasteiger partial charge in [0.05, 0.1) is 13.2 Å². The smallest absolute Gasteiger partial charge is 0.462 e. The zero-order valence-electron chi connectivity index (χ0n) is 50.8. The molecule has 0 fully saturated rings. The van der Waals surface area contributed by atoms with Crippen LogP contribution in [0.3, 0.4) is 0 Å². The molecule has 0 rings (SSSR count). The summed E-state index contributed by atoms with van der Waals surface area (Å²) in [4.78, 5) is 35.2. The number of esters is 2. The van der Waals surface area contributed by atoms with Crippen LogP contribution in [0.2, 0.25) is 0 Å². The Morgan fingerprint density at radius 1 is 0.382 bits per heavy atom. The Morgan fingerprint density at radius 3 is 0.934 bits per heavy atom. The fourth-order valence-electron chi connectivity index (χ4n) is 10.4. The van der Waals surface area contributed by atoms with Gasteiger partial charge in [0.2, 0.25) is 0 Å².